The highest BCUT2D eigenvalue weighted by Gasteiger charge is 2.40. The van der Waals surface area contributed by atoms with Crippen molar-refractivity contribution in [1.82, 2.24) is 14.7 Å². The summed E-state index contributed by atoms with van der Waals surface area (Å²) < 4.78 is 7.21. The molecule has 0 saturated carbocycles. The lowest BCUT2D eigenvalue weighted by Crippen LogP contribution is -2.36. The smallest absolute Gasteiger partial charge is 0.228 e. The van der Waals surface area contributed by atoms with Crippen LogP contribution in [0.1, 0.15) is 25.0 Å². The van der Waals surface area contributed by atoms with Gasteiger partial charge in [-0.15, -0.1) is 0 Å². The summed E-state index contributed by atoms with van der Waals surface area (Å²) in [6.45, 7) is 3.31. The highest BCUT2D eigenvalue weighted by Crippen LogP contribution is 2.39. The van der Waals surface area contributed by atoms with Crippen molar-refractivity contribution in [3.05, 3.63) is 42.2 Å². The van der Waals surface area contributed by atoms with Crippen molar-refractivity contribution >= 4 is 11.6 Å². The second-order valence-corrected chi connectivity index (χ2v) is 7.17. The lowest BCUT2D eigenvalue weighted by atomic mass is 9.80. The number of nitrogens with zero attached hydrogens (tertiary/aromatic N) is 3. The molecule has 25 heavy (non-hydrogen) atoms. The van der Waals surface area contributed by atoms with Crippen molar-refractivity contribution in [2.45, 2.75) is 25.7 Å². The van der Waals surface area contributed by atoms with E-state index in [1.165, 1.54) is 0 Å². The summed E-state index contributed by atoms with van der Waals surface area (Å²) in [6, 6.07) is 9.80. The summed E-state index contributed by atoms with van der Waals surface area (Å²) in [5.74, 6) is 0.119. The molecule has 1 aromatic heterocycles. The Hall–Kier alpha value is -2.34. The molecule has 0 bridgehead atoms. The Bertz CT molecular complexity index is 750. The van der Waals surface area contributed by atoms with Gasteiger partial charge in [0.1, 0.15) is 0 Å². The van der Waals surface area contributed by atoms with Crippen LogP contribution >= 0.6 is 0 Å². The van der Waals surface area contributed by atoms with E-state index in [-0.39, 0.29) is 17.7 Å². The molecule has 0 unspecified atom stereocenters. The quantitative estimate of drug-likeness (QED) is 0.928. The van der Waals surface area contributed by atoms with Gasteiger partial charge in [-0.25, -0.2) is 4.68 Å². The Morgan fingerprint density at radius 2 is 1.96 bits per heavy atom. The third-order valence-corrected chi connectivity index (χ3v) is 5.51. The molecule has 0 aliphatic carbocycles. The molecule has 1 amide bonds. The Morgan fingerprint density at radius 1 is 1.20 bits per heavy atom. The lowest BCUT2D eigenvalue weighted by Gasteiger charge is -2.33. The first-order valence-corrected chi connectivity index (χ1v) is 8.90. The number of aromatic nitrogens is 2. The average molecular weight is 340 g/mol. The maximum atomic E-state index is 12.7. The van der Waals surface area contributed by atoms with Crippen LogP contribution in [-0.4, -0.2) is 46.9 Å². The van der Waals surface area contributed by atoms with E-state index in [4.69, 9.17) is 10.5 Å². The first kappa shape index (κ1) is 16.1. The van der Waals surface area contributed by atoms with E-state index < -0.39 is 0 Å². The zero-order chi connectivity index (χ0) is 17.3. The van der Waals surface area contributed by atoms with Crippen molar-refractivity contribution in [1.29, 1.82) is 0 Å². The molecule has 0 atom stereocenters. The normalized spacial score (nSPS) is 19.4. The van der Waals surface area contributed by atoms with Crippen molar-refractivity contribution in [2.24, 2.45) is 5.41 Å². The number of likely N-dealkylation sites (tertiary alicyclic amines) is 1. The fourth-order valence-electron chi connectivity index (χ4n) is 3.89. The fourth-order valence-corrected chi connectivity index (χ4v) is 3.89. The number of anilines is 1. The molecule has 1 spiro atoms. The van der Waals surface area contributed by atoms with Crippen molar-refractivity contribution in [3.8, 4) is 5.69 Å². The summed E-state index contributed by atoms with van der Waals surface area (Å²) in [4.78, 5) is 14.7. The third kappa shape index (κ3) is 3.26. The number of para-hydroxylation sites is 1. The molecule has 2 fully saturated rings. The third-order valence-electron chi connectivity index (χ3n) is 5.51. The van der Waals surface area contributed by atoms with E-state index in [0.717, 1.165) is 51.3 Å². The fraction of sp³-hybridized carbons (Fsp3) is 0.474. The molecule has 6 nitrogen and oxygen atoms in total. The summed E-state index contributed by atoms with van der Waals surface area (Å²) in [5, 5.41) is 4.52. The van der Waals surface area contributed by atoms with Gasteiger partial charge in [0.05, 0.1) is 29.7 Å². The number of hydrogen-bond acceptors (Lipinski definition) is 4. The molecule has 2 aliphatic heterocycles. The molecule has 2 aromatic rings. The van der Waals surface area contributed by atoms with Crippen LogP contribution < -0.4 is 5.73 Å². The summed E-state index contributed by atoms with van der Waals surface area (Å²) in [5.41, 5.74) is 8.52. The minimum absolute atomic E-state index is 0.119. The summed E-state index contributed by atoms with van der Waals surface area (Å²) >= 11 is 0. The van der Waals surface area contributed by atoms with E-state index in [9.17, 15) is 4.79 Å². The molecule has 2 saturated heterocycles. The average Bonchev–Trinajstić information content (AvgIpc) is 3.21. The minimum atomic E-state index is 0.119. The van der Waals surface area contributed by atoms with Crippen LogP contribution in [0.5, 0.6) is 0 Å². The van der Waals surface area contributed by atoms with Crippen LogP contribution in [0.2, 0.25) is 0 Å². The van der Waals surface area contributed by atoms with Gasteiger partial charge in [0.15, 0.2) is 0 Å². The Kier molecular flexibility index (Phi) is 4.21. The largest absolute Gasteiger partial charge is 0.396 e. The molecule has 2 aliphatic rings. The predicted octanol–water partition coefficient (Wildman–Crippen LogP) is 2.03. The number of ether oxygens (including phenoxy) is 1. The van der Waals surface area contributed by atoms with Gasteiger partial charge >= 0.3 is 0 Å². The number of amides is 1. The van der Waals surface area contributed by atoms with Crippen molar-refractivity contribution in [2.75, 3.05) is 32.0 Å². The van der Waals surface area contributed by atoms with Crippen LogP contribution in [0.4, 0.5) is 5.69 Å². The van der Waals surface area contributed by atoms with Gasteiger partial charge < -0.3 is 15.4 Å². The standard InChI is InChI=1S/C19H24N4O2/c20-16-13-23(15-4-2-1-3-5-15)21-17(16)12-18(24)22-9-6-19(14-22)7-10-25-11-8-19/h1-5,13H,6-12,14,20H2. The molecular formula is C19H24N4O2. The Balaban J connectivity index is 1.44. The maximum absolute atomic E-state index is 12.7. The molecule has 3 heterocycles. The van der Waals surface area contributed by atoms with Crippen LogP contribution in [0.25, 0.3) is 5.69 Å². The number of benzene rings is 1. The van der Waals surface area contributed by atoms with Crippen LogP contribution in [-0.2, 0) is 16.0 Å². The molecular weight excluding hydrogens is 316 g/mol. The van der Waals surface area contributed by atoms with Gasteiger partial charge in [-0.1, -0.05) is 18.2 Å². The van der Waals surface area contributed by atoms with Crippen LogP contribution in [0.15, 0.2) is 36.5 Å². The van der Waals surface area contributed by atoms with Gasteiger partial charge in [0, 0.05) is 26.3 Å². The predicted molar refractivity (Wildman–Crippen MR) is 95.4 cm³/mol. The second-order valence-electron chi connectivity index (χ2n) is 7.17. The summed E-state index contributed by atoms with van der Waals surface area (Å²) in [6.07, 6.45) is 5.24. The molecule has 2 N–H and O–H groups in total. The molecule has 0 radical (unpaired) electrons. The molecule has 6 heteroatoms. The Labute approximate surface area is 147 Å². The zero-order valence-corrected chi connectivity index (χ0v) is 14.4. The van der Waals surface area contributed by atoms with E-state index in [0.29, 0.717) is 11.4 Å². The maximum Gasteiger partial charge on any atom is 0.228 e. The van der Waals surface area contributed by atoms with Gasteiger partial charge in [0.25, 0.3) is 0 Å². The topological polar surface area (TPSA) is 73.4 Å². The van der Waals surface area contributed by atoms with Crippen molar-refractivity contribution in [3.63, 3.8) is 0 Å². The summed E-state index contributed by atoms with van der Waals surface area (Å²) in [7, 11) is 0. The van der Waals surface area contributed by atoms with Gasteiger partial charge in [0.2, 0.25) is 5.91 Å². The van der Waals surface area contributed by atoms with E-state index >= 15 is 0 Å². The number of rotatable bonds is 3. The first-order valence-electron chi connectivity index (χ1n) is 8.90. The number of hydrogen-bond donors (Lipinski definition) is 1. The first-order chi connectivity index (χ1) is 12.2. The van der Waals surface area contributed by atoms with Gasteiger partial charge in [-0.05, 0) is 36.8 Å². The Morgan fingerprint density at radius 3 is 2.72 bits per heavy atom. The van der Waals surface area contributed by atoms with Crippen LogP contribution in [0.3, 0.4) is 0 Å². The molecule has 132 valence electrons. The SMILES string of the molecule is Nc1cn(-c2ccccc2)nc1CC(=O)N1CCC2(CCOCC2)C1. The lowest BCUT2D eigenvalue weighted by molar-refractivity contribution is -0.130. The molecule has 4 rings (SSSR count). The van der Waals surface area contributed by atoms with E-state index in [1.54, 1.807) is 10.9 Å². The number of nitrogen functional groups attached to an aromatic ring is 1. The van der Waals surface area contributed by atoms with Gasteiger partial charge in [-0.2, -0.15) is 5.10 Å². The van der Waals surface area contributed by atoms with Crippen molar-refractivity contribution < 1.29 is 9.53 Å². The molecule has 1 aromatic carbocycles. The van der Waals surface area contributed by atoms with Gasteiger partial charge in [-0.3, -0.25) is 4.79 Å². The van der Waals surface area contributed by atoms with Crippen LogP contribution in [0, 0.1) is 5.41 Å². The van der Waals surface area contributed by atoms with E-state index in [1.807, 2.05) is 35.2 Å². The number of carbonyl (C=O) groups is 1. The highest BCUT2D eigenvalue weighted by atomic mass is 16.5. The minimum Gasteiger partial charge on any atom is -0.396 e. The van der Waals surface area contributed by atoms with E-state index in [2.05, 4.69) is 5.10 Å². The monoisotopic (exact) mass is 340 g/mol. The highest BCUT2D eigenvalue weighted by molar-refractivity contribution is 5.80. The second kappa shape index (κ2) is 6.52. The number of carbonyl (C=O) groups excluding carboxylic acids is 1. The zero-order valence-electron chi connectivity index (χ0n) is 14.4. The number of nitrogens with two attached hydrogens (primary N) is 1.